The van der Waals surface area contributed by atoms with E-state index in [0.29, 0.717) is 30.8 Å². The van der Waals surface area contributed by atoms with Crippen LogP contribution < -0.4 is 14.4 Å². The molecular weight excluding hydrogens is 424 g/mol. The molecule has 0 bridgehead atoms. The van der Waals surface area contributed by atoms with E-state index in [9.17, 15) is 13.2 Å². The van der Waals surface area contributed by atoms with E-state index in [1.54, 1.807) is 19.1 Å². The van der Waals surface area contributed by atoms with Crippen molar-refractivity contribution in [2.24, 2.45) is 0 Å². The Morgan fingerprint density at radius 3 is 2.56 bits per heavy atom. The predicted octanol–water partition coefficient (Wildman–Crippen LogP) is 3.48. The molecule has 0 saturated carbocycles. The standard InChI is InChI=1S/C25H26N2O4S/c1-19-17-22(32(29,30)27-16-14-21-9-5-6-10-23(21)27)11-12-24(19)31-18-25(28)26-15-13-20-7-3-2-4-8-20/h2-12,17H,13-16,18H2,1H3,(H,26,28). The molecule has 3 aromatic rings. The number of hydrogen-bond donors (Lipinski definition) is 1. The summed E-state index contributed by atoms with van der Waals surface area (Å²) in [5.74, 6) is 0.273. The predicted molar refractivity (Wildman–Crippen MR) is 125 cm³/mol. The summed E-state index contributed by atoms with van der Waals surface area (Å²) in [4.78, 5) is 12.3. The Hall–Kier alpha value is -3.32. The molecule has 1 heterocycles. The van der Waals surface area contributed by atoms with Gasteiger partial charge in [0, 0.05) is 13.1 Å². The van der Waals surface area contributed by atoms with Gasteiger partial charge in [-0.1, -0.05) is 48.5 Å². The largest absolute Gasteiger partial charge is 0.484 e. The Labute approximate surface area is 188 Å². The number of rotatable bonds is 8. The van der Waals surface area contributed by atoms with Gasteiger partial charge in [0.2, 0.25) is 0 Å². The van der Waals surface area contributed by atoms with Gasteiger partial charge in [0.25, 0.3) is 15.9 Å². The third-order valence-electron chi connectivity index (χ3n) is 5.52. The zero-order valence-electron chi connectivity index (χ0n) is 18.0. The molecule has 7 heteroatoms. The average molecular weight is 451 g/mol. The zero-order valence-corrected chi connectivity index (χ0v) is 18.8. The number of hydrogen-bond acceptors (Lipinski definition) is 4. The summed E-state index contributed by atoms with van der Waals surface area (Å²) in [5, 5.41) is 2.84. The second kappa shape index (κ2) is 9.44. The monoisotopic (exact) mass is 450 g/mol. The highest BCUT2D eigenvalue weighted by atomic mass is 32.2. The van der Waals surface area contributed by atoms with Crippen molar-refractivity contribution in [3.05, 3.63) is 89.5 Å². The van der Waals surface area contributed by atoms with E-state index in [1.165, 1.54) is 10.4 Å². The van der Waals surface area contributed by atoms with Gasteiger partial charge in [-0.15, -0.1) is 0 Å². The van der Waals surface area contributed by atoms with E-state index >= 15 is 0 Å². The van der Waals surface area contributed by atoms with Gasteiger partial charge in [0.15, 0.2) is 6.61 Å². The SMILES string of the molecule is Cc1cc(S(=O)(=O)N2CCc3ccccc32)ccc1OCC(=O)NCCc1ccccc1. The Morgan fingerprint density at radius 2 is 1.78 bits per heavy atom. The van der Waals surface area contributed by atoms with E-state index in [-0.39, 0.29) is 17.4 Å². The van der Waals surface area contributed by atoms with Gasteiger partial charge in [-0.3, -0.25) is 9.10 Å². The summed E-state index contributed by atoms with van der Waals surface area (Å²) in [6, 6.07) is 22.2. The summed E-state index contributed by atoms with van der Waals surface area (Å²) in [6.45, 7) is 2.61. The lowest BCUT2D eigenvalue weighted by molar-refractivity contribution is -0.123. The van der Waals surface area contributed by atoms with E-state index in [4.69, 9.17) is 4.74 Å². The van der Waals surface area contributed by atoms with E-state index in [1.807, 2.05) is 54.6 Å². The summed E-state index contributed by atoms with van der Waals surface area (Å²) in [6.07, 6.45) is 1.45. The van der Waals surface area contributed by atoms with Crippen LogP contribution in [0, 0.1) is 6.92 Å². The maximum atomic E-state index is 13.2. The highest BCUT2D eigenvalue weighted by Gasteiger charge is 2.30. The lowest BCUT2D eigenvalue weighted by Crippen LogP contribution is -2.30. The van der Waals surface area contributed by atoms with Crippen molar-refractivity contribution < 1.29 is 17.9 Å². The van der Waals surface area contributed by atoms with Crippen molar-refractivity contribution in [1.29, 1.82) is 0 Å². The molecule has 166 valence electrons. The van der Waals surface area contributed by atoms with Crippen LogP contribution in [0.3, 0.4) is 0 Å². The van der Waals surface area contributed by atoms with Crippen LogP contribution in [0.1, 0.15) is 16.7 Å². The first kappa shape index (κ1) is 21.9. The number of benzene rings is 3. The van der Waals surface area contributed by atoms with Gasteiger partial charge < -0.3 is 10.1 Å². The number of amides is 1. The summed E-state index contributed by atoms with van der Waals surface area (Å²) < 4.78 is 33.5. The van der Waals surface area contributed by atoms with Crippen LogP contribution in [0.25, 0.3) is 0 Å². The minimum atomic E-state index is -3.66. The number of ether oxygens (including phenoxy) is 1. The van der Waals surface area contributed by atoms with Crippen molar-refractivity contribution in [2.45, 2.75) is 24.7 Å². The van der Waals surface area contributed by atoms with Crippen LogP contribution >= 0.6 is 0 Å². The third kappa shape index (κ3) is 4.78. The minimum Gasteiger partial charge on any atom is -0.484 e. The number of sulfonamides is 1. The van der Waals surface area contributed by atoms with Gasteiger partial charge >= 0.3 is 0 Å². The van der Waals surface area contributed by atoms with Crippen LogP contribution in [0.4, 0.5) is 5.69 Å². The van der Waals surface area contributed by atoms with E-state index < -0.39 is 10.0 Å². The Balaban J connectivity index is 1.35. The van der Waals surface area contributed by atoms with Crippen molar-refractivity contribution in [1.82, 2.24) is 5.32 Å². The number of anilines is 1. The number of carbonyl (C=O) groups is 1. The molecule has 0 atom stereocenters. The second-order valence-corrected chi connectivity index (χ2v) is 9.62. The Morgan fingerprint density at radius 1 is 1.03 bits per heavy atom. The normalized spacial score (nSPS) is 13.0. The maximum Gasteiger partial charge on any atom is 0.264 e. The fourth-order valence-electron chi connectivity index (χ4n) is 3.81. The smallest absolute Gasteiger partial charge is 0.264 e. The van der Waals surface area contributed by atoms with Gasteiger partial charge in [-0.2, -0.15) is 0 Å². The number of aryl methyl sites for hydroxylation is 1. The molecule has 32 heavy (non-hydrogen) atoms. The lowest BCUT2D eigenvalue weighted by atomic mass is 10.1. The molecule has 1 aliphatic heterocycles. The van der Waals surface area contributed by atoms with Gasteiger partial charge in [-0.05, 0) is 60.7 Å². The fourth-order valence-corrected chi connectivity index (χ4v) is 5.40. The molecule has 0 aromatic heterocycles. The number of nitrogens with one attached hydrogen (secondary N) is 1. The molecule has 0 saturated heterocycles. The minimum absolute atomic E-state index is 0.124. The van der Waals surface area contributed by atoms with E-state index in [2.05, 4.69) is 5.32 Å². The van der Waals surface area contributed by atoms with Gasteiger partial charge in [0.1, 0.15) is 5.75 Å². The number of para-hydroxylation sites is 1. The number of fused-ring (bicyclic) bond motifs is 1. The summed E-state index contributed by atoms with van der Waals surface area (Å²) in [5.41, 5.74) is 3.58. The van der Waals surface area contributed by atoms with Crippen LogP contribution in [0.15, 0.2) is 77.7 Å². The molecule has 4 rings (SSSR count). The lowest BCUT2D eigenvalue weighted by Gasteiger charge is -2.20. The molecule has 0 spiro atoms. The second-order valence-electron chi connectivity index (χ2n) is 7.76. The highest BCUT2D eigenvalue weighted by Crippen LogP contribution is 2.33. The van der Waals surface area contributed by atoms with Crippen molar-refractivity contribution >= 4 is 21.6 Å². The van der Waals surface area contributed by atoms with Crippen molar-refractivity contribution in [3.63, 3.8) is 0 Å². The average Bonchev–Trinajstić information content (AvgIpc) is 3.24. The van der Waals surface area contributed by atoms with Crippen LogP contribution in [0.2, 0.25) is 0 Å². The molecule has 0 aliphatic carbocycles. The molecule has 6 nitrogen and oxygen atoms in total. The van der Waals surface area contributed by atoms with Crippen molar-refractivity contribution in [3.8, 4) is 5.75 Å². The number of carbonyl (C=O) groups excluding carboxylic acids is 1. The molecule has 3 aromatic carbocycles. The Kier molecular flexibility index (Phi) is 6.46. The maximum absolute atomic E-state index is 13.2. The third-order valence-corrected chi connectivity index (χ3v) is 7.33. The highest BCUT2D eigenvalue weighted by molar-refractivity contribution is 7.92. The van der Waals surface area contributed by atoms with E-state index in [0.717, 1.165) is 23.2 Å². The summed E-state index contributed by atoms with van der Waals surface area (Å²) in [7, 11) is -3.66. The molecule has 0 unspecified atom stereocenters. The topological polar surface area (TPSA) is 75.7 Å². The molecule has 1 aliphatic rings. The van der Waals surface area contributed by atoms with Gasteiger partial charge in [-0.25, -0.2) is 8.42 Å². The van der Waals surface area contributed by atoms with Crippen LogP contribution in [0.5, 0.6) is 5.75 Å². The quantitative estimate of drug-likeness (QED) is 0.570. The molecule has 1 amide bonds. The zero-order chi connectivity index (χ0) is 22.6. The van der Waals surface area contributed by atoms with Crippen LogP contribution in [-0.2, 0) is 27.7 Å². The first-order valence-corrected chi connectivity index (χ1v) is 12.0. The Bertz CT molecular complexity index is 1210. The fraction of sp³-hybridized carbons (Fsp3) is 0.240. The van der Waals surface area contributed by atoms with Crippen molar-refractivity contribution in [2.75, 3.05) is 24.0 Å². The number of nitrogens with zero attached hydrogens (tertiary/aromatic N) is 1. The first-order chi connectivity index (χ1) is 15.4. The molecular formula is C25H26N2O4S. The van der Waals surface area contributed by atoms with Gasteiger partial charge in [0.05, 0.1) is 10.6 Å². The summed E-state index contributed by atoms with van der Waals surface area (Å²) >= 11 is 0. The first-order valence-electron chi connectivity index (χ1n) is 10.6. The molecule has 0 fully saturated rings. The molecule has 0 radical (unpaired) electrons. The van der Waals surface area contributed by atoms with Crippen LogP contribution in [-0.4, -0.2) is 34.0 Å². The molecule has 1 N–H and O–H groups in total.